The highest BCUT2D eigenvalue weighted by atomic mass is 32.1. The number of carbonyl (C=O) groups is 1. The molecule has 0 bridgehead atoms. The number of aryl methyl sites for hydroxylation is 3. The fraction of sp³-hybridized carbons (Fsp3) is 0.333. The molecular weight excluding hydrogens is 412 g/mol. The van der Waals surface area contributed by atoms with Crippen LogP contribution in [0.4, 0.5) is 0 Å². The summed E-state index contributed by atoms with van der Waals surface area (Å²) in [5, 5.41) is 22.1. The van der Waals surface area contributed by atoms with Gasteiger partial charge in [-0.2, -0.15) is 10.2 Å². The molecule has 1 aliphatic heterocycles. The van der Waals surface area contributed by atoms with Crippen molar-refractivity contribution in [3.05, 3.63) is 53.1 Å². The summed E-state index contributed by atoms with van der Waals surface area (Å²) >= 11 is 1.49. The molecule has 10 heteroatoms. The molecule has 0 fully saturated rings. The highest BCUT2D eigenvalue weighted by Crippen LogP contribution is 2.27. The minimum atomic E-state index is -0.163. The minimum absolute atomic E-state index is 0.0174. The first-order chi connectivity index (χ1) is 15.1. The molecule has 1 atom stereocenters. The lowest BCUT2D eigenvalue weighted by Gasteiger charge is -2.23. The van der Waals surface area contributed by atoms with E-state index in [1.807, 2.05) is 41.9 Å². The SMILES string of the molecule is CCc1nnc(-c2cnn(C)c2C(=O)NC2CCn3nc(-c4ccccc4)nc3C2)s1. The molecule has 9 nitrogen and oxygen atoms in total. The van der Waals surface area contributed by atoms with Crippen molar-refractivity contribution < 1.29 is 4.79 Å². The van der Waals surface area contributed by atoms with Crippen molar-refractivity contribution >= 4 is 17.2 Å². The lowest BCUT2D eigenvalue weighted by molar-refractivity contribution is 0.0921. The Kier molecular flexibility index (Phi) is 5.06. The van der Waals surface area contributed by atoms with Gasteiger partial charge in [-0.25, -0.2) is 9.67 Å². The third kappa shape index (κ3) is 3.74. The molecule has 5 rings (SSSR count). The summed E-state index contributed by atoms with van der Waals surface area (Å²) < 4.78 is 3.53. The second-order valence-corrected chi connectivity index (χ2v) is 8.55. The van der Waals surface area contributed by atoms with Crippen molar-refractivity contribution in [3.8, 4) is 22.0 Å². The van der Waals surface area contributed by atoms with Crippen molar-refractivity contribution in [2.24, 2.45) is 7.05 Å². The van der Waals surface area contributed by atoms with Crippen LogP contribution in [0.2, 0.25) is 0 Å². The van der Waals surface area contributed by atoms with Gasteiger partial charge in [-0.3, -0.25) is 9.48 Å². The number of aromatic nitrogens is 7. The average Bonchev–Trinajstić information content (AvgIpc) is 3.51. The summed E-state index contributed by atoms with van der Waals surface area (Å²) in [7, 11) is 1.77. The zero-order valence-electron chi connectivity index (χ0n) is 17.3. The monoisotopic (exact) mass is 434 g/mol. The van der Waals surface area contributed by atoms with Gasteiger partial charge in [0.25, 0.3) is 5.91 Å². The second kappa shape index (κ2) is 8.03. The van der Waals surface area contributed by atoms with E-state index in [2.05, 4.69) is 25.7 Å². The van der Waals surface area contributed by atoms with Crippen LogP contribution in [0.3, 0.4) is 0 Å². The third-order valence-electron chi connectivity index (χ3n) is 5.39. The van der Waals surface area contributed by atoms with E-state index in [9.17, 15) is 4.79 Å². The van der Waals surface area contributed by atoms with Crippen molar-refractivity contribution in [1.29, 1.82) is 0 Å². The molecule has 0 spiro atoms. The first kappa shape index (κ1) is 19.6. The van der Waals surface area contributed by atoms with Crippen molar-refractivity contribution in [1.82, 2.24) is 40.1 Å². The molecule has 4 heterocycles. The maximum absolute atomic E-state index is 13.1. The van der Waals surface area contributed by atoms with Crippen molar-refractivity contribution in [2.75, 3.05) is 0 Å². The molecule has 4 aromatic rings. The largest absolute Gasteiger partial charge is 0.347 e. The fourth-order valence-corrected chi connectivity index (χ4v) is 4.55. The molecule has 0 radical (unpaired) electrons. The maximum Gasteiger partial charge on any atom is 0.270 e. The first-order valence-corrected chi connectivity index (χ1v) is 11.1. The van der Waals surface area contributed by atoms with E-state index < -0.39 is 0 Å². The number of carbonyl (C=O) groups excluding carboxylic acids is 1. The summed E-state index contributed by atoms with van der Waals surface area (Å²) in [6.07, 6.45) is 3.92. The number of hydrogen-bond donors (Lipinski definition) is 1. The number of rotatable bonds is 5. The molecule has 31 heavy (non-hydrogen) atoms. The summed E-state index contributed by atoms with van der Waals surface area (Å²) in [6.45, 7) is 2.75. The van der Waals surface area contributed by atoms with Crippen LogP contribution in [0.15, 0.2) is 36.5 Å². The van der Waals surface area contributed by atoms with Gasteiger partial charge in [-0.05, 0) is 12.8 Å². The van der Waals surface area contributed by atoms with Gasteiger partial charge < -0.3 is 5.32 Å². The Labute approximate surface area is 183 Å². The van der Waals surface area contributed by atoms with Gasteiger partial charge in [-0.15, -0.1) is 10.2 Å². The van der Waals surface area contributed by atoms with E-state index in [1.165, 1.54) is 11.3 Å². The Bertz CT molecular complexity index is 1230. The predicted octanol–water partition coefficient (Wildman–Crippen LogP) is 2.50. The Balaban J connectivity index is 1.34. The summed E-state index contributed by atoms with van der Waals surface area (Å²) in [5.41, 5.74) is 2.20. The summed E-state index contributed by atoms with van der Waals surface area (Å²) in [5.74, 6) is 1.45. The Morgan fingerprint density at radius 3 is 2.87 bits per heavy atom. The van der Waals surface area contributed by atoms with E-state index in [0.29, 0.717) is 29.2 Å². The van der Waals surface area contributed by atoms with Gasteiger partial charge in [-0.1, -0.05) is 48.6 Å². The van der Waals surface area contributed by atoms with Crippen LogP contribution >= 0.6 is 11.3 Å². The molecule has 0 aliphatic carbocycles. The number of hydrogen-bond acceptors (Lipinski definition) is 7. The Morgan fingerprint density at radius 2 is 2.10 bits per heavy atom. The zero-order valence-corrected chi connectivity index (χ0v) is 18.1. The molecule has 1 N–H and O–H groups in total. The van der Waals surface area contributed by atoms with Crippen LogP contribution in [0.1, 0.15) is 34.7 Å². The molecule has 1 unspecified atom stereocenters. The molecule has 1 amide bonds. The number of benzene rings is 1. The number of nitrogens with zero attached hydrogens (tertiary/aromatic N) is 7. The number of nitrogens with one attached hydrogen (secondary N) is 1. The smallest absolute Gasteiger partial charge is 0.270 e. The van der Waals surface area contributed by atoms with Crippen LogP contribution in [0.5, 0.6) is 0 Å². The van der Waals surface area contributed by atoms with E-state index in [1.54, 1.807) is 17.9 Å². The Hall–Kier alpha value is -3.40. The van der Waals surface area contributed by atoms with Gasteiger partial charge in [0.05, 0.1) is 11.8 Å². The summed E-state index contributed by atoms with van der Waals surface area (Å²) in [4.78, 5) is 17.8. The third-order valence-corrected chi connectivity index (χ3v) is 6.49. The highest BCUT2D eigenvalue weighted by Gasteiger charge is 2.27. The van der Waals surface area contributed by atoms with E-state index in [0.717, 1.165) is 35.1 Å². The van der Waals surface area contributed by atoms with Crippen molar-refractivity contribution in [2.45, 2.75) is 38.8 Å². The molecule has 0 saturated heterocycles. The lowest BCUT2D eigenvalue weighted by atomic mass is 10.1. The van der Waals surface area contributed by atoms with Gasteiger partial charge in [0, 0.05) is 31.6 Å². The van der Waals surface area contributed by atoms with E-state index >= 15 is 0 Å². The molecule has 0 saturated carbocycles. The fourth-order valence-electron chi connectivity index (χ4n) is 3.76. The van der Waals surface area contributed by atoms with Gasteiger partial charge >= 0.3 is 0 Å². The van der Waals surface area contributed by atoms with Gasteiger partial charge in [0.15, 0.2) is 10.8 Å². The van der Waals surface area contributed by atoms with Crippen LogP contribution in [0, 0.1) is 0 Å². The normalized spacial score (nSPS) is 15.6. The molecular formula is C21H22N8OS. The van der Waals surface area contributed by atoms with E-state index in [4.69, 9.17) is 4.98 Å². The summed E-state index contributed by atoms with van der Waals surface area (Å²) in [6, 6.07) is 9.92. The molecule has 1 aliphatic rings. The van der Waals surface area contributed by atoms with Crippen LogP contribution < -0.4 is 5.32 Å². The van der Waals surface area contributed by atoms with Gasteiger partial charge in [0.1, 0.15) is 16.5 Å². The minimum Gasteiger partial charge on any atom is -0.347 e. The van der Waals surface area contributed by atoms with Crippen LogP contribution in [0.25, 0.3) is 22.0 Å². The predicted molar refractivity (Wildman–Crippen MR) is 117 cm³/mol. The molecule has 3 aromatic heterocycles. The van der Waals surface area contributed by atoms with Gasteiger partial charge in [0.2, 0.25) is 0 Å². The van der Waals surface area contributed by atoms with Crippen LogP contribution in [-0.2, 0) is 26.4 Å². The Morgan fingerprint density at radius 1 is 1.26 bits per heavy atom. The molecule has 1 aromatic carbocycles. The first-order valence-electron chi connectivity index (χ1n) is 10.3. The highest BCUT2D eigenvalue weighted by molar-refractivity contribution is 7.14. The standard InChI is InChI=1S/C21H22N8OS/c1-3-17-25-26-21(31-17)15-12-22-28(2)18(15)20(30)23-14-9-10-29-16(11-14)24-19(27-29)13-7-5-4-6-8-13/h4-8,12,14H,3,9-11H2,1-2H3,(H,23,30). The van der Waals surface area contributed by atoms with Crippen LogP contribution in [-0.4, -0.2) is 46.7 Å². The number of amides is 1. The average molecular weight is 435 g/mol. The lowest BCUT2D eigenvalue weighted by Crippen LogP contribution is -2.41. The maximum atomic E-state index is 13.1. The van der Waals surface area contributed by atoms with Crippen molar-refractivity contribution in [3.63, 3.8) is 0 Å². The van der Waals surface area contributed by atoms with E-state index in [-0.39, 0.29) is 11.9 Å². The quantitative estimate of drug-likeness (QED) is 0.518. The number of fused-ring (bicyclic) bond motifs is 1. The zero-order chi connectivity index (χ0) is 21.4. The second-order valence-electron chi connectivity index (χ2n) is 7.49. The topological polar surface area (TPSA) is 103 Å². The molecule has 158 valence electrons.